The summed E-state index contributed by atoms with van der Waals surface area (Å²) < 4.78 is 4.97. The van der Waals surface area contributed by atoms with Gasteiger partial charge < -0.3 is 10.1 Å². The summed E-state index contributed by atoms with van der Waals surface area (Å²) in [5.74, 6) is 0. The zero-order chi connectivity index (χ0) is 10.9. The molecule has 1 aromatic heterocycles. The van der Waals surface area contributed by atoms with Crippen molar-refractivity contribution < 1.29 is 4.74 Å². The Bertz CT molecular complexity index is 264. The number of pyridine rings is 1. The highest BCUT2D eigenvalue weighted by atomic mass is 35.5. The van der Waals surface area contributed by atoms with E-state index in [0.29, 0.717) is 5.15 Å². The molecular weight excluding hydrogens is 212 g/mol. The molecule has 0 saturated heterocycles. The molecule has 4 heteroatoms. The maximum absolute atomic E-state index is 5.68. The second-order valence-electron chi connectivity index (χ2n) is 3.37. The first-order valence-electron chi connectivity index (χ1n) is 5.13. The fourth-order valence-corrected chi connectivity index (χ4v) is 1.35. The first-order chi connectivity index (χ1) is 7.33. The summed E-state index contributed by atoms with van der Waals surface area (Å²) in [4.78, 5) is 4.01. The number of unbranched alkanes of at least 4 members (excludes halogenated alkanes) is 1. The standard InChI is InChI=1S/C11H17ClN2O/c1-15-7-3-2-6-13-8-10-4-5-11(12)14-9-10/h4-5,9,13H,2-3,6-8H2,1H3. The van der Waals surface area contributed by atoms with Crippen LogP contribution in [0.3, 0.4) is 0 Å². The first-order valence-corrected chi connectivity index (χ1v) is 5.51. The van der Waals surface area contributed by atoms with Gasteiger partial charge in [0, 0.05) is 26.5 Å². The van der Waals surface area contributed by atoms with Gasteiger partial charge in [0.05, 0.1) is 0 Å². The molecule has 84 valence electrons. The minimum Gasteiger partial charge on any atom is -0.385 e. The third-order valence-corrected chi connectivity index (χ3v) is 2.29. The quantitative estimate of drug-likeness (QED) is 0.574. The predicted octanol–water partition coefficient (Wildman–Crippen LogP) is 2.25. The van der Waals surface area contributed by atoms with Crippen molar-refractivity contribution in [1.29, 1.82) is 0 Å². The lowest BCUT2D eigenvalue weighted by molar-refractivity contribution is 0.192. The molecule has 0 unspecified atom stereocenters. The molecule has 15 heavy (non-hydrogen) atoms. The number of halogens is 1. The maximum Gasteiger partial charge on any atom is 0.129 e. The highest BCUT2D eigenvalue weighted by Crippen LogP contribution is 2.04. The van der Waals surface area contributed by atoms with E-state index in [4.69, 9.17) is 16.3 Å². The number of hydrogen-bond donors (Lipinski definition) is 1. The summed E-state index contributed by atoms with van der Waals surface area (Å²) in [5, 5.41) is 3.88. The molecule has 1 N–H and O–H groups in total. The largest absolute Gasteiger partial charge is 0.385 e. The van der Waals surface area contributed by atoms with Gasteiger partial charge in [-0.1, -0.05) is 17.7 Å². The molecule has 1 heterocycles. The predicted molar refractivity (Wildman–Crippen MR) is 62.1 cm³/mol. The Morgan fingerprint density at radius 3 is 2.93 bits per heavy atom. The molecule has 3 nitrogen and oxygen atoms in total. The van der Waals surface area contributed by atoms with Crippen molar-refractivity contribution in [3.8, 4) is 0 Å². The van der Waals surface area contributed by atoms with Gasteiger partial charge in [-0.25, -0.2) is 4.98 Å². The number of rotatable bonds is 7. The molecular formula is C11H17ClN2O. The minimum absolute atomic E-state index is 0.541. The van der Waals surface area contributed by atoms with Crippen LogP contribution >= 0.6 is 11.6 Å². The zero-order valence-corrected chi connectivity index (χ0v) is 9.76. The number of nitrogens with zero attached hydrogens (tertiary/aromatic N) is 1. The van der Waals surface area contributed by atoms with Crippen LogP contribution in [0.5, 0.6) is 0 Å². The zero-order valence-electron chi connectivity index (χ0n) is 9.00. The maximum atomic E-state index is 5.68. The van der Waals surface area contributed by atoms with Crippen molar-refractivity contribution >= 4 is 11.6 Å². The van der Waals surface area contributed by atoms with Crippen molar-refractivity contribution in [3.05, 3.63) is 29.0 Å². The number of nitrogens with one attached hydrogen (secondary N) is 1. The minimum atomic E-state index is 0.541. The van der Waals surface area contributed by atoms with Gasteiger partial charge in [0.1, 0.15) is 5.15 Å². The summed E-state index contributed by atoms with van der Waals surface area (Å²) in [5.41, 5.74) is 1.16. The number of methoxy groups -OCH3 is 1. The van der Waals surface area contributed by atoms with Crippen molar-refractivity contribution in [2.24, 2.45) is 0 Å². The van der Waals surface area contributed by atoms with Gasteiger partial charge >= 0.3 is 0 Å². The number of ether oxygens (including phenoxy) is 1. The Morgan fingerprint density at radius 2 is 2.27 bits per heavy atom. The average molecular weight is 229 g/mol. The molecule has 0 aliphatic carbocycles. The highest BCUT2D eigenvalue weighted by Gasteiger charge is 1.93. The lowest BCUT2D eigenvalue weighted by Gasteiger charge is -2.04. The Morgan fingerprint density at radius 1 is 1.40 bits per heavy atom. The third-order valence-electron chi connectivity index (χ3n) is 2.07. The Balaban J connectivity index is 2.07. The van der Waals surface area contributed by atoms with Crippen LogP contribution in [0.1, 0.15) is 18.4 Å². The normalized spacial score (nSPS) is 10.5. The van der Waals surface area contributed by atoms with Gasteiger partial charge in [-0.3, -0.25) is 0 Å². The molecule has 0 fully saturated rings. The first kappa shape index (κ1) is 12.4. The molecule has 1 rings (SSSR count). The molecule has 0 saturated carbocycles. The van der Waals surface area contributed by atoms with Crippen LogP contribution in [0, 0.1) is 0 Å². The fraction of sp³-hybridized carbons (Fsp3) is 0.545. The molecule has 0 atom stereocenters. The van der Waals surface area contributed by atoms with Gasteiger partial charge in [0.15, 0.2) is 0 Å². The van der Waals surface area contributed by atoms with E-state index in [9.17, 15) is 0 Å². The van der Waals surface area contributed by atoms with E-state index in [1.807, 2.05) is 12.1 Å². The van der Waals surface area contributed by atoms with Crippen LogP contribution in [-0.4, -0.2) is 25.2 Å². The number of hydrogen-bond acceptors (Lipinski definition) is 3. The molecule has 0 aliphatic heterocycles. The van der Waals surface area contributed by atoms with Gasteiger partial charge in [-0.2, -0.15) is 0 Å². The Hall–Kier alpha value is -0.640. The van der Waals surface area contributed by atoms with Gasteiger partial charge in [-0.05, 0) is 31.0 Å². The fourth-order valence-electron chi connectivity index (χ4n) is 1.24. The van der Waals surface area contributed by atoms with E-state index in [2.05, 4.69) is 10.3 Å². The molecule has 0 amide bonds. The second kappa shape index (κ2) is 7.63. The van der Waals surface area contributed by atoms with Crippen LogP contribution < -0.4 is 5.32 Å². The third kappa shape index (κ3) is 5.72. The molecule has 0 spiro atoms. The molecule has 0 aliphatic rings. The van der Waals surface area contributed by atoms with Crippen molar-refractivity contribution in [1.82, 2.24) is 10.3 Å². The summed E-state index contributed by atoms with van der Waals surface area (Å²) in [6.07, 6.45) is 4.03. The molecule has 0 radical (unpaired) electrons. The van der Waals surface area contributed by atoms with E-state index in [-0.39, 0.29) is 0 Å². The summed E-state index contributed by atoms with van der Waals surface area (Å²) in [6, 6.07) is 3.79. The number of aromatic nitrogens is 1. The van der Waals surface area contributed by atoms with Crippen LogP contribution in [0.25, 0.3) is 0 Å². The smallest absolute Gasteiger partial charge is 0.129 e. The topological polar surface area (TPSA) is 34.1 Å². The Kier molecular flexibility index (Phi) is 6.32. The van der Waals surface area contributed by atoms with Gasteiger partial charge in [-0.15, -0.1) is 0 Å². The van der Waals surface area contributed by atoms with Crippen molar-refractivity contribution in [3.63, 3.8) is 0 Å². The summed E-state index contributed by atoms with van der Waals surface area (Å²) in [7, 11) is 1.73. The van der Waals surface area contributed by atoms with Crippen molar-refractivity contribution in [2.75, 3.05) is 20.3 Å². The SMILES string of the molecule is COCCCCNCc1ccc(Cl)nc1. The van der Waals surface area contributed by atoms with E-state index in [1.165, 1.54) is 0 Å². The van der Waals surface area contributed by atoms with Crippen LogP contribution in [-0.2, 0) is 11.3 Å². The van der Waals surface area contributed by atoms with E-state index in [1.54, 1.807) is 13.3 Å². The average Bonchev–Trinajstić information content (AvgIpc) is 2.26. The highest BCUT2D eigenvalue weighted by molar-refractivity contribution is 6.29. The molecule has 1 aromatic rings. The molecule has 0 aromatic carbocycles. The lowest BCUT2D eigenvalue weighted by Crippen LogP contribution is -2.15. The molecule has 0 bridgehead atoms. The lowest BCUT2D eigenvalue weighted by atomic mass is 10.2. The van der Waals surface area contributed by atoms with Gasteiger partial charge in [0.25, 0.3) is 0 Å². The van der Waals surface area contributed by atoms with E-state index in [0.717, 1.165) is 38.1 Å². The summed E-state index contributed by atoms with van der Waals surface area (Å²) in [6.45, 7) is 2.69. The van der Waals surface area contributed by atoms with Crippen LogP contribution in [0.4, 0.5) is 0 Å². The van der Waals surface area contributed by atoms with Gasteiger partial charge in [0.2, 0.25) is 0 Å². The second-order valence-corrected chi connectivity index (χ2v) is 3.75. The Labute approximate surface area is 95.8 Å². The van der Waals surface area contributed by atoms with Crippen LogP contribution in [0.15, 0.2) is 18.3 Å². The monoisotopic (exact) mass is 228 g/mol. The van der Waals surface area contributed by atoms with E-state index < -0.39 is 0 Å². The van der Waals surface area contributed by atoms with Crippen LogP contribution in [0.2, 0.25) is 5.15 Å². The van der Waals surface area contributed by atoms with Crippen molar-refractivity contribution in [2.45, 2.75) is 19.4 Å². The summed E-state index contributed by atoms with van der Waals surface area (Å²) >= 11 is 5.68. The van der Waals surface area contributed by atoms with E-state index >= 15 is 0 Å².